The second-order valence-electron chi connectivity index (χ2n) is 2.84. The molecule has 1 aliphatic rings. The topological polar surface area (TPSA) is 35.5 Å². The molecule has 1 saturated heterocycles. The van der Waals surface area contributed by atoms with Crippen LogP contribution in [0.25, 0.3) is 0 Å². The molecule has 0 spiro atoms. The van der Waals surface area contributed by atoms with Crippen molar-refractivity contribution in [2.45, 2.75) is 13.8 Å². The molecule has 1 heterocycles. The zero-order valence-corrected chi connectivity index (χ0v) is 7.00. The Hall–Kier alpha value is -0.570. The minimum Gasteiger partial charge on any atom is -0.466 e. The molecule has 3 heteroatoms. The molecular formula is C8H14O3. The van der Waals surface area contributed by atoms with Gasteiger partial charge in [-0.05, 0) is 6.92 Å². The number of esters is 1. The predicted octanol–water partition coefficient (Wildman–Crippen LogP) is 0.832. The lowest BCUT2D eigenvalue weighted by molar-refractivity contribution is -0.156. The van der Waals surface area contributed by atoms with Gasteiger partial charge < -0.3 is 9.47 Å². The Labute approximate surface area is 66.7 Å². The van der Waals surface area contributed by atoms with Crippen molar-refractivity contribution < 1.29 is 14.3 Å². The molecule has 0 radical (unpaired) electrons. The van der Waals surface area contributed by atoms with Crippen molar-refractivity contribution in [1.29, 1.82) is 0 Å². The van der Waals surface area contributed by atoms with Crippen LogP contribution in [0.1, 0.15) is 13.8 Å². The van der Waals surface area contributed by atoms with Gasteiger partial charge >= 0.3 is 5.97 Å². The van der Waals surface area contributed by atoms with E-state index >= 15 is 0 Å². The molecule has 1 aliphatic heterocycles. The molecule has 0 aliphatic carbocycles. The Morgan fingerprint density at radius 1 is 1.73 bits per heavy atom. The van der Waals surface area contributed by atoms with Crippen molar-refractivity contribution in [3.8, 4) is 0 Å². The van der Waals surface area contributed by atoms with Gasteiger partial charge in [0.25, 0.3) is 0 Å². The second-order valence-corrected chi connectivity index (χ2v) is 2.84. The van der Waals surface area contributed by atoms with E-state index in [0.29, 0.717) is 25.7 Å². The molecule has 0 aromatic heterocycles. The van der Waals surface area contributed by atoms with Crippen molar-refractivity contribution in [2.24, 2.45) is 11.8 Å². The molecule has 0 aromatic carbocycles. The largest absolute Gasteiger partial charge is 0.466 e. The number of ether oxygens (including phenoxy) is 2. The van der Waals surface area contributed by atoms with Gasteiger partial charge in [0.2, 0.25) is 0 Å². The van der Waals surface area contributed by atoms with E-state index in [0.717, 1.165) is 0 Å². The SMILES string of the molecule is CCOC(=O)C(C)C1COC1. The van der Waals surface area contributed by atoms with E-state index in [1.54, 1.807) is 0 Å². The van der Waals surface area contributed by atoms with Crippen LogP contribution in [-0.2, 0) is 14.3 Å². The third-order valence-electron chi connectivity index (χ3n) is 2.03. The van der Waals surface area contributed by atoms with Crippen LogP contribution in [0.4, 0.5) is 0 Å². The highest BCUT2D eigenvalue weighted by Gasteiger charge is 2.30. The maximum absolute atomic E-state index is 11.1. The summed E-state index contributed by atoms with van der Waals surface area (Å²) in [5.74, 6) is 0.290. The summed E-state index contributed by atoms with van der Waals surface area (Å²) in [7, 11) is 0. The summed E-state index contributed by atoms with van der Waals surface area (Å²) < 4.78 is 9.84. The fraction of sp³-hybridized carbons (Fsp3) is 0.875. The molecule has 3 nitrogen and oxygen atoms in total. The van der Waals surface area contributed by atoms with E-state index in [1.165, 1.54) is 0 Å². The first kappa shape index (κ1) is 8.53. The van der Waals surface area contributed by atoms with E-state index in [-0.39, 0.29) is 11.9 Å². The van der Waals surface area contributed by atoms with E-state index in [9.17, 15) is 4.79 Å². The Balaban J connectivity index is 2.27. The lowest BCUT2D eigenvalue weighted by Crippen LogP contribution is -2.37. The average molecular weight is 158 g/mol. The van der Waals surface area contributed by atoms with Gasteiger partial charge in [-0.25, -0.2) is 0 Å². The van der Waals surface area contributed by atoms with Gasteiger partial charge in [0.1, 0.15) is 0 Å². The Kier molecular flexibility index (Phi) is 2.88. The molecular weight excluding hydrogens is 144 g/mol. The van der Waals surface area contributed by atoms with Crippen LogP contribution >= 0.6 is 0 Å². The number of hydrogen-bond acceptors (Lipinski definition) is 3. The van der Waals surface area contributed by atoms with Crippen LogP contribution in [0.2, 0.25) is 0 Å². The zero-order chi connectivity index (χ0) is 8.27. The molecule has 11 heavy (non-hydrogen) atoms. The maximum Gasteiger partial charge on any atom is 0.309 e. The highest BCUT2D eigenvalue weighted by Crippen LogP contribution is 2.21. The number of carbonyl (C=O) groups excluding carboxylic acids is 1. The van der Waals surface area contributed by atoms with Crippen LogP contribution in [0.15, 0.2) is 0 Å². The Bertz CT molecular complexity index is 140. The van der Waals surface area contributed by atoms with Crippen LogP contribution in [0, 0.1) is 11.8 Å². The van der Waals surface area contributed by atoms with Crippen molar-refractivity contribution in [3.63, 3.8) is 0 Å². The van der Waals surface area contributed by atoms with Gasteiger partial charge in [-0.15, -0.1) is 0 Å². The second kappa shape index (κ2) is 3.72. The fourth-order valence-corrected chi connectivity index (χ4v) is 1.01. The minimum absolute atomic E-state index is 0.00343. The monoisotopic (exact) mass is 158 g/mol. The third kappa shape index (κ3) is 1.93. The average Bonchev–Trinajstić information content (AvgIpc) is 1.84. The van der Waals surface area contributed by atoms with Gasteiger partial charge in [-0.1, -0.05) is 6.92 Å². The minimum atomic E-state index is -0.0965. The first-order valence-electron chi connectivity index (χ1n) is 4.00. The predicted molar refractivity (Wildman–Crippen MR) is 40.1 cm³/mol. The maximum atomic E-state index is 11.1. The molecule has 0 saturated carbocycles. The summed E-state index contributed by atoms with van der Waals surface area (Å²) in [6, 6.07) is 0. The molecule has 0 aromatic rings. The van der Waals surface area contributed by atoms with Gasteiger partial charge in [0.15, 0.2) is 0 Å². The standard InChI is InChI=1S/C8H14O3/c1-3-11-8(9)6(2)7-4-10-5-7/h6-7H,3-5H2,1-2H3. The Morgan fingerprint density at radius 3 is 2.73 bits per heavy atom. The summed E-state index contributed by atoms with van der Waals surface area (Å²) >= 11 is 0. The van der Waals surface area contributed by atoms with Gasteiger partial charge in [0.05, 0.1) is 25.7 Å². The third-order valence-corrected chi connectivity index (χ3v) is 2.03. The Morgan fingerprint density at radius 2 is 2.36 bits per heavy atom. The highest BCUT2D eigenvalue weighted by atomic mass is 16.5. The van der Waals surface area contributed by atoms with E-state index in [1.807, 2.05) is 13.8 Å². The molecule has 1 unspecified atom stereocenters. The summed E-state index contributed by atoms with van der Waals surface area (Å²) in [6.07, 6.45) is 0. The molecule has 64 valence electrons. The van der Waals surface area contributed by atoms with Crippen molar-refractivity contribution >= 4 is 5.97 Å². The summed E-state index contributed by atoms with van der Waals surface area (Å²) in [6.45, 7) is 5.60. The lowest BCUT2D eigenvalue weighted by atomic mass is 9.93. The number of carbonyl (C=O) groups is 1. The first-order chi connectivity index (χ1) is 5.25. The van der Waals surface area contributed by atoms with Crippen LogP contribution in [0.5, 0.6) is 0 Å². The zero-order valence-electron chi connectivity index (χ0n) is 7.00. The normalized spacial score (nSPS) is 20.5. The van der Waals surface area contributed by atoms with E-state index in [2.05, 4.69) is 0 Å². The molecule has 1 atom stereocenters. The van der Waals surface area contributed by atoms with E-state index < -0.39 is 0 Å². The van der Waals surface area contributed by atoms with Gasteiger partial charge in [0, 0.05) is 5.92 Å². The smallest absolute Gasteiger partial charge is 0.309 e. The van der Waals surface area contributed by atoms with E-state index in [4.69, 9.17) is 9.47 Å². The van der Waals surface area contributed by atoms with Crippen molar-refractivity contribution in [1.82, 2.24) is 0 Å². The molecule has 0 bridgehead atoms. The van der Waals surface area contributed by atoms with Crippen molar-refractivity contribution in [3.05, 3.63) is 0 Å². The summed E-state index contributed by atoms with van der Waals surface area (Å²) in [5.41, 5.74) is 0. The number of hydrogen-bond donors (Lipinski definition) is 0. The molecule has 1 rings (SSSR count). The highest BCUT2D eigenvalue weighted by molar-refractivity contribution is 5.72. The molecule has 1 fully saturated rings. The molecule has 0 N–H and O–H groups in total. The van der Waals surface area contributed by atoms with Crippen LogP contribution < -0.4 is 0 Å². The van der Waals surface area contributed by atoms with Gasteiger partial charge in [-0.2, -0.15) is 0 Å². The quantitative estimate of drug-likeness (QED) is 0.571. The number of rotatable bonds is 3. The summed E-state index contributed by atoms with van der Waals surface area (Å²) in [4.78, 5) is 11.1. The summed E-state index contributed by atoms with van der Waals surface area (Å²) in [5, 5.41) is 0. The van der Waals surface area contributed by atoms with Crippen LogP contribution in [0.3, 0.4) is 0 Å². The lowest BCUT2D eigenvalue weighted by Gasteiger charge is -2.29. The first-order valence-corrected chi connectivity index (χ1v) is 4.00. The van der Waals surface area contributed by atoms with Crippen molar-refractivity contribution in [2.75, 3.05) is 19.8 Å². The van der Waals surface area contributed by atoms with Crippen LogP contribution in [-0.4, -0.2) is 25.8 Å². The van der Waals surface area contributed by atoms with Gasteiger partial charge in [-0.3, -0.25) is 4.79 Å². The fourth-order valence-electron chi connectivity index (χ4n) is 1.01. The molecule has 0 amide bonds.